The van der Waals surface area contributed by atoms with E-state index in [1.807, 2.05) is 36.4 Å². The standard InChI is InChI=1S/C23H17Cl2N3O2/c24-18-9-6-15(10-19(18)25)13-28-21(11-14-4-2-1-3-5-14)27-20-12-16(22(26)29)7-8-17(20)23(28)30/h1-10,12H,11,13H2,(H2,26,29). The van der Waals surface area contributed by atoms with E-state index >= 15 is 0 Å². The number of nitrogens with zero attached hydrogens (tertiary/aromatic N) is 2. The van der Waals surface area contributed by atoms with Crippen molar-refractivity contribution in [1.82, 2.24) is 9.55 Å². The molecular weight excluding hydrogens is 421 g/mol. The van der Waals surface area contributed by atoms with Gasteiger partial charge in [0.2, 0.25) is 5.91 Å². The summed E-state index contributed by atoms with van der Waals surface area (Å²) >= 11 is 12.2. The zero-order valence-corrected chi connectivity index (χ0v) is 17.3. The van der Waals surface area contributed by atoms with E-state index in [1.165, 1.54) is 6.07 Å². The molecule has 1 heterocycles. The van der Waals surface area contributed by atoms with E-state index in [0.717, 1.165) is 11.1 Å². The summed E-state index contributed by atoms with van der Waals surface area (Å²) in [5.74, 6) is 0.00897. The quantitative estimate of drug-likeness (QED) is 0.501. The van der Waals surface area contributed by atoms with Crippen LogP contribution in [0.2, 0.25) is 10.0 Å². The molecule has 1 amide bonds. The Hall–Kier alpha value is -3.15. The number of rotatable bonds is 5. The molecule has 0 saturated carbocycles. The van der Waals surface area contributed by atoms with Crippen LogP contribution in [0.5, 0.6) is 0 Å². The van der Waals surface area contributed by atoms with E-state index in [-0.39, 0.29) is 5.56 Å². The van der Waals surface area contributed by atoms with Gasteiger partial charge in [-0.15, -0.1) is 0 Å². The number of hydrogen-bond donors (Lipinski definition) is 1. The SMILES string of the molecule is NC(=O)c1ccc2c(=O)n(Cc3ccc(Cl)c(Cl)c3)c(Cc3ccccc3)nc2c1. The number of carbonyl (C=O) groups is 1. The van der Waals surface area contributed by atoms with Gasteiger partial charge in [-0.25, -0.2) is 4.98 Å². The van der Waals surface area contributed by atoms with Gasteiger partial charge in [-0.3, -0.25) is 14.2 Å². The maximum Gasteiger partial charge on any atom is 0.261 e. The van der Waals surface area contributed by atoms with Gasteiger partial charge in [0.15, 0.2) is 0 Å². The van der Waals surface area contributed by atoms with E-state index in [0.29, 0.717) is 45.3 Å². The number of primary amides is 1. The Labute approximate surface area is 182 Å². The molecule has 0 aliphatic rings. The van der Waals surface area contributed by atoms with Crippen molar-refractivity contribution >= 4 is 40.0 Å². The molecule has 0 fully saturated rings. The largest absolute Gasteiger partial charge is 0.366 e. The van der Waals surface area contributed by atoms with Crippen LogP contribution in [0.4, 0.5) is 0 Å². The molecule has 150 valence electrons. The molecule has 0 unspecified atom stereocenters. The van der Waals surface area contributed by atoms with Gasteiger partial charge in [0.05, 0.1) is 27.5 Å². The van der Waals surface area contributed by atoms with Crippen LogP contribution in [0.3, 0.4) is 0 Å². The normalized spacial score (nSPS) is 11.0. The van der Waals surface area contributed by atoms with Gasteiger partial charge in [-0.1, -0.05) is 59.6 Å². The summed E-state index contributed by atoms with van der Waals surface area (Å²) in [5, 5.41) is 1.29. The minimum absolute atomic E-state index is 0.201. The van der Waals surface area contributed by atoms with E-state index in [9.17, 15) is 9.59 Å². The zero-order valence-electron chi connectivity index (χ0n) is 15.8. The Balaban J connectivity index is 1.88. The number of aromatic nitrogens is 2. The van der Waals surface area contributed by atoms with Crippen LogP contribution in [0.1, 0.15) is 27.3 Å². The number of amides is 1. The van der Waals surface area contributed by atoms with Gasteiger partial charge < -0.3 is 5.73 Å². The number of fused-ring (bicyclic) bond motifs is 1. The molecule has 1 aromatic heterocycles. The predicted octanol–water partition coefficient (Wildman–Crippen LogP) is 4.44. The third-order valence-electron chi connectivity index (χ3n) is 4.85. The van der Waals surface area contributed by atoms with Gasteiger partial charge in [0.25, 0.3) is 5.56 Å². The second-order valence-corrected chi connectivity index (χ2v) is 7.74. The van der Waals surface area contributed by atoms with Crippen molar-refractivity contribution in [2.24, 2.45) is 5.73 Å². The van der Waals surface area contributed by atoms with Crippen molar-refractivity contribution < 1.29 is 4.79 Å². The predicted molar refractivity (Wildman–Crippen MR) is 119 cm³/mol. The lowest BCUT2D eigenvalue weighted by Gasteiger charge is -2.15. The summed E-state index contributed by atoms with van der Waals surface area (Å²) in [6, 6.07) is 19.7. The van der Waals surface area contributed by atoms with Gasteiger partial charge in [0.1, 0.15) is 5.82 Å². The molecule has 7 heteroatoms. The lowest BCUT2D eigenvalue weighted by Crippen LogP contribution is -2.26. The molecule has 5 nitrogen and oxygen atoms in total. The molecular formula is C23H17Cl2N3O2. The Morgan fingerprint density at radius 2 is 1.70 bits per heavy atom. The minimum Gasteiger partial charge on any atom is -0.366 e. The second-order valence-electron chi connectivity index (χ2n) is 6.93. The Bertz CT molecular complexity index is 1320. The lowest BCUT2D eigenvalue weighted by atomic mass is 10.1. The minimum atomic E-state index is -0.566. The summed E-state index contributed by atoms with van der Waals surface area (Å²) in [5.41, 5.74) is 7.78. The Morgan fingerprint density at radius 1 is 0.933 bits per heavy atom. The fraction of sp³-hybridized carbons (Fsp3) is 0.0870. The first-order valence-corrected chi connectivity index (χ1v) is 9.99. The summed E-state index contributed by atoms with van der Waals surface area (Å²) in [6.45, 7) is 0.290. The van der Waals surface area contributed by atoms with Gasteiger partial charge in [-0.05, 0) is 41.5 Å². The topological polar surface area (TPSA) is 78.0 Å². The molecule has 0 aliphatic heterocycles. The van der Waals surface area contributed by atoms with Gasteiger partial charge in [0, 0.05) is 12.0 Å². The maximum absolute atomic E-state index is 13.3. The number of nitrogens with two attached hydrogens (primary N) is 1. The van der Waals surface area contributed by atoms with E-state index in [2.05, 4.69) is 0 Å². The molecule has 0 saturated heterocycles. The van der Waals surface area contributed by atoms with Crippen LogP contribution in [0.15, 0.2) is 71.5 Å². The van der Waals surface area contributed by atoms with Crippen LogP contribution in [-0.4, -0.2) is 15.5 Å². The van der Waals surface area contributed by atoms with Crippen LogP contribution < -0.4 is 11.3 Å². The van der Waals surface area contributed by atoms with Crippen molar-refractivity contribution in [2.75, 3.05) is 0 Å². The van der Waals surface area contributed by atoms with E-state index in [1.54, 1.807) is 28.8 Å². The third kappa shape index (κ3) is 4.08. The average molecular weight is 438 g/mol. The fourth-order valence-electron chi connectivity index (χ4n) is 3.32. The van der Waals surface area contributed by atoms with Crippen molar-refractivity contribution in [3.8, 4) is 0 Å². The average Bonchev–Trinajstić information content (AvgIpc) is 2.73. The Morgan fingerprint density at radius 3 is 2.40 bits per heavy atom. The van der Waals surface area contributed by atoms with Gasteiger partial charge >= 0.3 is 0 Å². The first kappa shape index (κ1) is 20.1. The first-order chi connectivity index (χ1) is 14.4. The summed E-state index contributed by atoms with van der Waals surface area (Å²) in [6.07, 6.45) is 0.453. The number of halogens is 2. The summed E-state index contributed by atoms with van der Waals surface area (Å²) in [4.78, 5) is 29.6. The zero-order chi connectivity index (χ0) is 21.3. The summed E-state index contributed by atoms with van der Waals surface area (Å²) < 4.78 is 1.62. The van der Waals surface area contributed by atoms with Crippen molar-refractivity contribution in [3.63, 3.8) is 0 Å². The highest BCUT2D eigenvalue weighted by Crippen LogP contribution is 2.23. The van der Waals surface area contributed by atoms with Crippen molar-refractivity contribution in [1.29, 1.82) is 0 Å². The molecule has 3 aromatic carbocycles. The number of hydrogen-bond acceptors (Lipinski definition) is 3. The highest BCUT2D eigenvalue weighted by molar-refractivity contribution is 6.42. The van der Waals surface area contributed by atoms with Gasteiger partial charge in [-0.2, -0.15) is 0 Å². The molecule has 2 N–H and O–H groups in total. The second kappa shape index (κ2) is 8.30. The van der Waals surface area contributed by atoms with Crippen molar-refractivity contribution in [3.05, 3.63) is 110 Å². The third-order valence-corrected chi connectivity index (χ3v) is 5.59. The molecule has 4 aromatic rings. The lowest BCUT2D eigenvalue weighted by molar-refractivity contribution is 0.100. The highest BCUT2D eigenvalue weighted by atomic mass is 35.5. The molecule has 4 rings (SSSR count). The smallest absolute Gasteiger partial charge is 0.261 e. The molecule has 0 spiro atoms. The van der Waals surface area contributed by atoms with Crippen LogP contribution >= 0.6 is 23.2 Å². The van der Waals surface area contributed by atoms with Crippen LogP contribution in [0.25, 0.3) is 10.9 Å². The molecule has 0 atom stereocenters. The maximum atomic E-state index is 13.3. The molecule has 0 bridgehead atoms. The fourth-order valence-corrected chi connectivity index (χ4v) is 3.64. The van der Waals surface area contributed by atoms with Crippen LogP contribution in [0, 0.1) is 0 Å². The van der Waals surface area contributed by atoms with E-state index < -0.39 is 5.91 Å². The molecule has 0 radical (unpaired) electrons. The molecule has 30 heavy (non-hydrogen) atoms. The highest BCUT2D eigenvalue weighted by Gasteiger charge is 2.14. The first-order valence-electron chi connectivity index (χ1n) is 9.23. The Kier molecular flexibility index (Phi) is 5.57. The molecule has 0 aliphatic carbocycles. The van der Waals surface area contributed by atoms with E-state index in [4.69, 9.17) is 33.9 Å². The number of carbonyl (C=O) groups excluding carboxylic acids is 1. The van der Waals surface area contributed by atoms with Crippen molar-refractivity contribution in [2.45, 2.75) is 13.0 Å². The monoisotopic (exact) mass is 437 g/mol. The summed E-state index contributed by atoms with van der Waals surface area (Å²) in [7, 11) is 0. The van der Waals surface area contributed by atoms with Crippen LogP contribution in [-0.2, 0) is 13.0 Å². The number of benzene rings is 3.